The molecule has 2 aliphatic rings. The molecule has 1 aromatic heterocycles. The maximum Gasteiger partial charge on any atom is 0.429 e. The number of unbranched alkanes of at least 4 members (excludes halogenated alkanes) is 1. The zero-order valence-corrected chi connectivity index (χ0v) is 18.1. The van der Waals surface area contributed by atoms with E-state index in [4.69, 9.17) is 5.73 Å². The van der Waals surface area contributed by atoms with Crippen LogP contribution in [0.25, 0.3) is 5.57 Å². The van der Waals surface area contributed by atoms with Crippen molar-refractivity contribution in [2.24, 2.45) is 5.73 Å². The van der Waals surface area contributed by atoms with E-state index in [1.54, 1.807) is 4.90 Å². The summed E-state index contributed by atoms with van der Waals surface area (Å²) in [7, 11) is 0. The minimum Gasteiger partial charge on any atom is -0.369 e. The van der Waals surface area contributed by atoms with Gasteiger partial charge in [0.05, 0.1) is 11.3 Å². The van der Waals surface area contributed by atoms with Gasteiger partial charge < -0.3 is 21.3 Å². The molecule has 3 rings (SSSR count). The Morgan fingerprint density at radius 3 is 2.62 bits per heavy atom. The van der Waals surface area contributed by atoms with Crippen LogP contribution in [0.2, 0.25) is 0 Å². The number of alkyl halides is 3. The highest BCUT2D eigenvalue weighted by Gasteiger charge is 2.61. The molecule has 0 radical (unpaired) electrons. The number of likely N-dealkylation sites (tertiary alicyclic amines) is 1. The number of nitrogens with zero attached hydrogens (tertiary/aromatic N) is 3. The molecule has 1 amide bonds. The summed E-state index contributed by atoms with van der Waals surface area (Å²) in [6.07, 6.45) is 0.875. The van der Waals surface area contributed by atoms with Crippen LogP contribution in [0.5, 0.6) is 0 Å². The smallest absolute Gasteiger partial charge is 0.369 e. The number of nitrogens with one attached hydrogen (secondary N) is 2. The number of hydrogen-bond acceptors (Lipinski definition) is 6. The summed E-state index contributed by atoms with van der Waals surface area (Å²) in [6, 6.07) is 4.26. The number of pyridine rings is 1. The molecule has 0 aliphatic carbocycles. The van der Waals surface area contributed by atoms with Crippen molar-refractivity contribution in [1.29, 1.82) is 5.26 Å². The number of hydrogen-bond donors (Lipinski definition) is 3. The predicted molar refractivity (Wildman–Crippen MR) is 113 cm³/mol. The largest absolute Gasteiger partial charge is 0.429 e. The Bertz CT molecular complexity index is 964. The van der Waals surface area contributed by atoms with Crippen molar-refractivity contribution in [1.82, 2.24) is 20.5 Å². The van der Waals surface area contributed by atoms with E-state index in [-0.39, 0.29) is 29.0 Å². The molecule has 0 aromatic carbocycles. The third-order valence-corrected chi connectivity index (χ3v) is 5.74. The van der Waals surface area contributed by atoms with E-state index in [0.29, 0.717) is 19.5 Å². The number of carbonyl (C=O) groups excluding carboxylic acids is 1. The minimum atomic E-state index is -4.96. The van der Waals surface area contributed by atoms with E-state index in [0.717, 1.165) is 19.0 Å². The first kappa shape index (κ1) is 23.6. The van der Waals surface area contributed by atoms with Gasteiger partial charge >= 0.3 is 6.18 Å². The summed E-state index contributed by atoms with van der Waals surface area (Å²) in [6.45, 7) is 4.78. The Hall–Kier alpha value is -3.06. The number of dihydropyridines is 1. The summed E-state index contributed by atoms with van der Waals surface area (Å²) >= 11 is 0. The lowest BCUT2D eigenvalue weighted by Gasteiger charge is -2.40. The molecule has 1 fully saturated rings. The van der Waals surface area contributed by atoms with Crippen LogP contribution in [-0.2, 0) is 4.79 Å². The standard InChI is InChI=1S/C22H27F3N6O/c1-3-4-8-29-19(32)16-12-30-21(13-26,22(23,24)25)17(15-5-9-28-10-6-15)18(16)31-11-7-20(2,27)14-31/h5-6,9-10,12,30H,3-4,7-8,11,14,27H2,1-2H3,(H,29,32)/t20-,21?/m0/s1. The highest BCUT2D eigenvalue weighted by Crippen LogP contribution is 2.47. The van der Waals surface area contributed by atoms with Gasteiger partial charge in [-0.05, 0) is 37.5 Å². The number of amides is 1. The predicted octanol–water partition coefficient (Wildman–Crippen LogP) is 2.44. The first-order valence-corrected chi connectivity index (χ1v) is 10.5. The number of halogens is 3. The van der Waals surface area contributed by atoms with Crippen LogP contribution >= 0.6 is 0 Å². The Morgan fingerprint density at radius 2 is 2.09 bits per heavy atom. The lowest BCUT2D eigenvalue weighted by molar-refractivity contribution is -0.160. The maximum atomic E-state index is 14.4. The number of nitriles is 1. The monoisotopic (exact) mass is 448 g/mol. The van der Waals surface area contributed by atoms with Gasteiger partial charge in [0, 0.05) is 49.3 Å². The summed E-state index contributed by atoms with van der Waals surface area (Å²) in [4.78, 5) is 18.6. The topological polar surface area (TPSA) is 107 Å². The Kier molecular flexibility index (Phi) is 6.51. The first-order valence-electron chi connectivity index (χ1n) is 10.5. The fourth-order valence-corrected chi connectivity index (χ4v) is 4.03. The lowest BCUT2D eigenvalue weighted by atomic mass is 9.80. The Balaban J connectivity index is 2.26. The van der Waals surface area contributed by atoms with Crippen LogP contribution in [0.1, 0.15) is 38.7 Å². The fraction of sp³-hybridized carbons (Fsp3) is 0.500. The van der Waals surface area contributed by atoms with Crippen LogP contribution in [-0.4, -0.2) is 52.7 Å². The maximum absolute atomic E-state index is 14.4. The Labute approximate surface area is 185 Å². The molecule has 2 atom stereocenters. The van der Waals surface area contributed by atoms with Crippen molar-refractivity contribution in [3.8, 4) is 6.07 Å². The second kappa shape index (κ2) is 8.82. The number of rotatable bonds is 6. The average molecular weight is 448 g/mol. The van der Waals surface area contributed by atoms with E-state index in [9.17, 15) is 23.2 Å². The van der Waals surface area contributed by atoms with Crippen LogP contribution < -0.4 is 16.4 Å². The zero-order chi connectivity index (χ0) is 23.6. The second-order valence-corrected chi connectivity index (χ2v) is 8.46. The SMILES string of the molecule is CCCCNC(=O)C1=CNC(C#N)(C(F)(F)F)C(c2ccncc2)=C1N1CC[C@](C)(N)C1. The van der Waals surface area contributed by atoms with E-state index in [1.807, 2.05) is 13.8 Å². The van der Waals surface area contributed by atoms with Gasteiger partial charge in [0.25, 0.3) is 5.91 Å². The first-order chi connectivity index (χ1) is 15.1. The molecule has 1 unspecified atom stereocenters. The average Bonchev–Trinajstić information content (AvgIpc) is 3.11. The number of carbonyl (C=O) groups is 1. The van der Waals surface area contributed by atoms with E-state index < -0.39 is 23.2 Å². The van der Waals surface area contributed by atoms with Crippen molar-refractivity contribution in [3.63, 3.8) is 0 Å². The summed E-state index contributed by atoms with van der Waals surface area (Å²) in [5, 5.41) is 14.8. The van der Waals surface area contributed by atoms with E-state index >= 15 is 0 Å². The van der Waals surface area contributed by atoms with Crippen molar-refractivity contribution < 1.29 is 18.0 Å². The van der Waals surface area contributed by atoms with Crippen molar-refractivity contribution in [2.75, 3.05) is 19.6 Å². The van der Waals surface area contributed by atoms with Crippen molar-refractivity contribution in [2.45, 2.75) is 50.4 Å². The van der Waals surface area contributed by atoms with Crippen LogP contribution in [0, 0.1) is 11.3 Å². The molecule has 32 heavy (non-hydrogen) atoms. The van der Waals surface area contributed by atoms with Gasteiger partial charge in [0.2, 0.25) is 5.54 Å². The van der Waals surface area contributed by atoms with Gasteiger partial charge in [-0.1, -0.05) is 13.3 Å². The minimum absolute atomic E-state index is 0.0424. The van der Waals surface area contributed by atoms with Crippen LogP contribution in [0.15, 0.2) is 42.0 Å². The molecular weight excluding hydrogens is 421 g/mol. The quantitative estimate of drug-likeness (QED) is 0.577. The molecule has 1 aromatic rings. The molecule has 0 bridgehead atoms. The van der Waals surface area contributed by atoms with E-state index in [2.05, 4.69) is 15.6 Å². The normalized spacial score (nSPS) is 25.8. The summed E-state index contributed by atoms with van der Waals surface area (Å²) in [5.41, 5.74) is 2.53. The van der Waals surface area contributed by atoms with Gasteiger partial charge in [-0.25, -0.2) is 0 Å². The molecule has 172 valence electrons. The molecule has 0 saturated carbocycles. The molecule has 7 nitrogen and oxygen atoms in total. The molecule has 4 N–H and O–H groups in total. The molecule has 2 aliphatic heterocycles. The van der Waals surface area contributed by atoms with Crippen molar-refractivity contribution >= 4 is 11.5 Å². The molecular formula is C22H27F3N6O. The number of nitrogens with two attached hydrogens (primary N) is 1. The van der Waals surface area contributed by atoms with E-state index in [1.165, 1.54) is 30.6 Å². The van der Waals surface area contributed by atoms with Gasteiger partial charge in [0.1, 0.15) is 6.07 Å². The zero-order valence-electron chi connectivity index (χ0n) is 18.1. The molecule has 10 heteroatoms. The van der Waals surface area contributed by atoms with Gasteiger partial charge in [0.15, 0.2) is 0 Å². The molecule has 1 saturated heterocycles. The highest BCUT2D eigenvalue weighted by molar-refractivity contribution is 6.02. The van der Waals surface area contributed by atoms with Crippen LogP contribution in [0.4, 0.5) is 13.2 Å². The van der Waals surface area contributed by atoms with Gasteiger partial charge in [-0.2, -0.15) is 18.4 Å². The Morgan fingerprint density at radius 1 is 1.41 bits per heavy atom. The third-order valence-electron chi connectivity index (χ3n) is 5.74. The highest BCUT2D eigenvalue weighted by atomic mass is 19.4. The fourth-order valence-electron chi connectivity index (χ4n) is 4.03. The van der Waals surface area contributed by atoms with Crippen LogP contribution in [0.3, 0.4) is 0 Å². The van der Waals surface area contributed by atoms with Gasteiger partial charge in [-0.15, -0.1) is 0 Å². The summed E-state index contributed by atoms with van der Waals surface area (Å²) < 4.78 is 43.2. The lowest BCUT2D eigenvalue weighted by Crippen LogP contribution is -2.58. The van der Waals surface area contributed by atoms with Gasteiger partial charge in [-0.3, -0.25) is 9.78 Å². The second-order valence-electron chi connectivity index (χ2n) is 8.46. The third kappa shape index (κ3) is 4.30. The summed E-state index contributed by atoms with van der Waals surface area (Å²) in [5.74, 6) is -0.508. The van der Waals surface area contributed by atoms with Crippen molar-refractivity contribution in [3.05, 3.63) is 47.6 Å². The molecule has 3 heterocycles. The number of aromatic nitrogens is 1. The molecule has 0 spiro atoms.